The SMILES string of the molecule is COc1cc(/C=C(\C#N)C(=O)N2CCc3ccccc32)cc(Cl)c1OCc1ccc(F)cc1. The van der Waals surface area contributed by atoms with Gasteiger partial charge in [-0.15, -0.1) is 0 Å². The summed E-state index contributed by atoms with van der Waals surface area (Å²) in [6.07, 6.45) is 2.24. The summed E-state index contributed by atoms with van der Waals surface area (Å²) < 4.78 is 24.3. The summed E-state index contributed by atoms with van der Waals surface area (Å²) in [5, 5.41) is 9.93. The van der Waals surface area contributed by atoms with E-state index < -0.39 is 0 Å². The summed E-state index contributed by atoms with van der Waals surface area (Å²) in [5.74, 6) is -0.0222. The van der Waals surface area contributed by atoms with Gasteiger partial charge in [0.05, 0.1) is 12.1 Å². The summed E-state index contributed by atoms with van der Waals surface area (Å²) >= 11 is 6.43. The van der Waals surface area contributed by atoms with Gasteiger partial charge in [0, 0.05) is 12.2 Å². The van der Waals surface area contributed by atoms with E-state index in [4.69, 9.17) is 21.1 Å². The lowest BCUT2D eigenvalue weighted by Gasteiger charge is -2.17. The third kappa shape index (κ3) is 4.84. The van der Waals surface area contributed by atoms with Crippen molar-refractivity contribution >= 4 is 29.3 Å². The zero-order valence-electron chi connectivity index (χ0n) is 17.8. The van der Waals surface area contributed by atoms with E-state index in [1.165, 1.54) is 25.3 Å². The van der Waals surface area contributed by atoms with Crippen LogP contribution in [-0.2, 0) is 17.8 Å². The lowest BCUT2D eigenvalue weighted by atomic mass is 10.1. The van der Waals surface area contributed by atoms with E-state index in [0.29, 0.717) is 23.6 Å². The summed E-state index contributed by atoms with van der Waals surface area (Å²) in [7, 11) is 1.47. The summed E-state index contributed by atoms with van der Waals surface area (Å²) in [6.45, 7) is 0.694. The third-order valence-electron chi connectivity index (χ3n) is 5.34. The fourth-order valence-electron chi connectivity index (χ4n) is 3.70. The number of fused-ring (bicyclic) bond motifs is 1. The van der Waals surface area contributed by atoms with Gasteiger partial charge in [0.15, 0.2) is 11.5 Å². The van der Waals surface area contributed by atoms with E-state index in [9.17, 15) is 14.4 Å². The van der Waals surface area contributed by atoms with Gasteiger partial charge in [0.1, 0.15) is 24.1 Å². The minimum atomic E-state index is -0.367. The van der Waals surface area contributed by atoms with E-state index >= 15 is 0 Å². The number of nitriles is 1. The number of halogens is 2. The molecule has 1 amide bonds. The molecule has 0 saturated heterocycles. The largest absolute Gasteiger partial charge is 0.493 e. The highest BCUT2D eigenvalue weighted by atomic mass is 35.5. The molecule has 3 aromatic rings. The highest BCUT2D eigenvalue weighted by Crippen LogP contribution is 2.38. The average molecular weight is 463 g/mol. The number of anilines is 1. The number of carbonyl (C=O) groups is 1. The van der Waals surface area contributed by atoms with Crippen molar-refractivity contribution in [1.82, 2.24) is 0 Å². The Labute approximate surface area is 196 Å². The highest BCUT2D eigenvalue weighted by Gasteiger charge is 2.26. The molecule has 1 aliphatic heterocycles. The molecule has 0 atom stereocenters. The minimum absolute atomic E-state index is 0.00944. The zero-order valence-corrected chi connectivity index (χ0v) is 18.6. The molecule has 0 saturated carbocycles. The summed E-state index contributed by atoms with van der Waals surface area (Å²) in [5.41, 5.74) is 3.19. The molecule has 0 spiro atoms. The normalized spacial score (nSPS) is 12.8. The third-order valence-corrected chi connectivity index (χ3v) is 5.62. The van der Waals surface area contributed by atoms with Crippen molar-refractivity contribution in [2.75, 3.05) is 18.6 Å². The number of methoxy groups -OCH3 is 1. The van der Waals surface area contributed by atoms with Crippen LogP contribution in [0.5, 0.6) is 11.5 Å². The van der Waals surface area contributed by atoms with Crippen LogP contribution in [0.2, 0.25) is 5.02 Å². The number of para-hydroxylation sites is 1. The molecule has 1 heterocycles. The molecule has 0 radical (unpaired) electrons. The predicted octanol–water partition coefficient (Wildman–Crippen LogP) is 5.56. The number of nitrogens with zero attached hydrogens (tertiary/aromatic N) is 2. The topological polar surface area (TPSA) is 62.6 Å². The number of rotatable bonds is 6. The van der Waals surface area contributed by atoms with Gasteiger partial charge in [-0.2, -0.15) is 5.26 Å². The molecule has 5 nitrogen and oxygen atoms in total. The molecular weight excluding hydrogens is 443 g/mol. The van der Waals surface area contributed by atoms with Crippen molar-refractivity contribution < 1.29 is 18.7 Å². The van der Waals surface area contributed by atoms with Gasteiger partial charge in [0.25, 0.3) is 5.91 Å². The van der Waals surface area contributed by atoms with Crippen molar-refractivity contribution in [3.63, 3.8) is 0 Å². The average Bonchev–Trinajstić information content (AvgIpc) is 3.26. The van der Waals surface area contributed by atoms with Crippen molar-refractivity contribution in [3.05, 3.63) is 93.8 Å². The molecule has 0 fully saturated rings. The van der Waals surface area contributed by atoms with E-state index in [1.54, 1.807) is 29.2 Å². The number of hydrogen-bond acceptors (Lipinski definition) is 4. The number of carbonyl (C=O) groups excluding carboxylic acids is 1. The van der Waals surface area contributed by atoms with Crippen LogP contribution in [0, 0.1) is 17.1 Å². The van der Waals surface area contributed by atoms with E-state index in [2.05, 4.69) is 0 Å². The van der Waals surface area contributed by atoms with Crippen molar-refractivity contribution in [2.45, 2.75) is 13.0 Å². The van der Waals surface area contributed by atoms with Crippen LogP contribution < -0.4 is 14.4 Å². The van der Waals surface area contributed by atoms with E-state index in [1.807, 2.05) is 30.3 Å². The molecular formula is C26H20ClFN2O3. The number of hydrogen-bond donors (Lipinski definition) is 0. The minimum Gasteiger partial charge on any atom is -0.493 e. The quantitative estimate of drug-likeness (QED) is 0.355. The lowest BCUT2D eigenvalue weighted by molar-refractivity contribution is -0.114. The number of benzene rings is 3. The molecule has 3 aromatic carbocycles. The maximum Gasteiger partial charge on any atom is 0.268 e. The first kappa shape index (κ1) is 22.4. The van der Waals surface area contributed by atoms with E-state index in [0.717, 1.165) is 23.2 Å². The molecule has 0 N–H and O–H groups in total. The van der Waals surface area contributed by atoms with Crippen LogP contribution in [-0.4, -0.2) is 19.6 Å². The molecule has 0 aromatic heterocycles. The lowest BCUT2D eigenvalue weighted by Crippen LogP contribution is -2.29. The van der Waals surface area contributed by atoms with Crippen LogP contribution in [0.4, 0.5) is 10.1 Å². The molecule has 0 aliphatic carbocycles. The first-order valence-corrected chi connectivity index (χ1v) is 10.6. The Morgan fingerprint density at radius 1 is 1.21 bits per heavy atom. The summed E-state index contributed by atoms with van der Waals surface area (Å²) in [6, 6.07) is 18.9. The second-order valence-electron chi connectivity index (χ2n) is 7.45. The van der Waals surface area contributed by atoms with Crippen LogP contribution >= 0.6 is 11.6 Å². The molecule has 1 aliphatic rings. The van der Waals surface area contributed by atoms with Gasteiger partial charge in [-0.3, -0.25) is 4.79 Å². The highest BCUT2D eigenvalue weighted by molar-refractivity contribution is 6.32. The van der Waals surface area contributed by atoms with E-state index in [-0.39, 0.29) is 28.9 Å². The Morgan fingerprint density at radius 3 is 2.70 bits per heavy atom. The molecule has 0 bridgehead atoms. The molecule has 4 rings (SSSR count). The van der Waals surface area contributed by atoms with Gasteiger partial charge < -0.3 is 14.4 Å². The van der Waals surface area contributed by atoms with Gasteiger partial charge in [0.2, 0.25) is 0 Å². The van der Waals surface area contributed by atoms with Crippen molar-refractivity contribution in [2.24, 2.45) is 0 Å². The van der Waals surface area contributed by atoms with Crippen LogP contribution in [0.1, 0.15) is 16.7 Å². The van der Waals surface area contributed by atoms with Gasteiger partial charge in [-0.05, 0) is 59.5 Å². The first-order chi connectivity index (χ1) is 16.0. The molecule has 7 heteroatoms. The monoisotopic (exact) mass is 462 g/mol. The Bertz CT molecular complexity index is 1270. The Kier molecular flexibility index (Phi) is 6.62. The van der Waals surface area contributed by atoms with Gasteiger partial charge in [-0.25, -0.2) is 4.39 Å². The van der Waals surface area contributed by atoms with Crippen LogP contribution in [0.25, 0.3) is 6.08 Å². The zero-order chi connectivity index (χ0) is 23.4. The first-order valence-electron chi connectivity index (χ1n) is 10.3. The van der Waals surface area contributed by atoms with Crippen LogP contribution in [0.15, 0.2) is 66.2 Å². The van der Waals surface area contributed by atoms with Gasteiger partial charge in [-0.1, -0.05) is 41.9 Å². The standard InChI is InChI=1S/C26H20ClFN2O3/c1-32-24-14-18(13-22(27)25(24)33-16-17-6-8-21(28)9-7-17)12-20(15-29)26(31)30-11-10-19-4-2-3-5-23(19)30/h2-9,12-14H,10-11,16H2,1H3/b20-12+. The smallest absolute Gasteiger partial charge is 0.268 e. The maximum atomic E-state index is 13.1. The van der Waals surface area contributed by atoms with Gasteiger partial charge >= 0.3 is 0 Å². The second kappa shape index (κ2) is 9.76. The Balaban J connectivity index is 1.58. The van der Waals surface area contributed by atoms with Crippen LogP contribution in [0.3, 0.4) is 0 Å². The Hall–Kier alpha value is -3.82. The second-order valence-corrected chi connectivity index (χ2v) is 7.86. The fraction of sp³-hybridized carbons (Fsp3) is 0.154. The molecule has 33 heavy (non-hydrogen) atoms. The predicted molar refractivity (Wildman–Crippen MR) is 125 cm³/mol. The number of amides is 1. The molecule has 0 unspecified atom stereocenters. The fourth-order valence-corrected chi connectivity index (χ4v) is 3.98. The maximum absolute atomic E-state index is 13.1. The summed E-state index contributed by atoms with van der Waals surface area (Å²) in [4.78, 5) is 14.7. The Morgan fingerprint density at radius 2 is 1.97 bits per heavy atom. The van der Waals surface area contributed by atoms with Crippen molar-refractivity contribution in [1.29, 1.82) is 5.26 Å². The number of ether oxygens (including phenoxy) is 2. The van der Waals surface area contributed by atoms with Crippen molar-refractivity contribution in [3.8, 4) is 17.6 Å². The molecule has 166 valence electrons.